The summed E-state index contributed by atoms with van der Waals surface area (Å²) in [5.74, 6) is 0. The number of ether oxygens (including phenoxy) is 1. The Bertz CT molecular complexity index is 308. The fraction of sp³-hybridized carbons (Fsp3) is 1.00. The molecule has 0 radical (unpaired) electrons. The van der Waals surface area contributed by atoms with Gasteiger partial charge in [-0.05, 0) is 12.8 Å². The summed E-state index contributed by atoms with van der Waals surface area (Å²) in [5, 5.41) is 0. The fourth-order valence-electron chi connectivity index (χ4n) is 2.18. The van der Waals surface area contributed by atoms with Crippen LogP contribution in [0.25, 0.3) is 0 Å². The fourth-order valence-corrected chi connectivity index (χ4v) is 3.51. The lowest BCUT2D eigenvalue weighted by atomic mass is 9.74. The molecule has 3 rings (SSSR count). The predicted molar refractivity (Wildman–Crippen MR) is 51.8 cm³/mol. The minimum atomic E-state index is -2.96. The summed E-state index contributed by atoms with van der Waals surface area (Å²) in [5.41, 5.74) is 5.19. The van der Waals surface area contributed by atoms with E-state index in [1.807, 2.05) is 0 Å². The van der Waals surface area contributed by atoms with Crippen molar-refractivity contribution < 1.29 is 13.2 Å². The highest BCUT2D eigenvalue weighted by Crippen LogP contribution is 2.54. The zero-order chi connectivity index (χ0) is 9.04. The quantitative estimate of drug-likeness (QED) is 0.704. The molecule has 2 saturated heterocycles. The van der Waals surface area contributed by atoms with Crippen molar-refractivity contribution in [2.24, 2.45) is 5.73 Å². The first-order valence-electron chi connectivity index (χ1n) is 3.97. The Balaban J connectivity index is 0.000000845. The summed E-state index contributed by atoms with van der Waals surface area (Å²) >= 11 is 0. The molecule has 78 valence electrons. The van der Waals surface area contributed by atoms with Crippen molar-refractivity contribution in [2.75, 3.05) is 19.4 Å². The van der Waals surface area contributed by atoms with Gasteiger partial charge in [0.25, 0.3) is 0 Å². The summed E-state index contributed by atoms with van der Waals surface area (Å²) in [4.78, 5) is 0. The zero-order valence-electron chi connectivity index (χ0n) is 7.45. The molecule has 0 amide bonds. The maximum absolute atomic E-state index is 11.3. The van der Waals surface area contributed by atoms with Crippen molar-refractivity contribution in [1.29, 1.82) is 0 Å². The minimum Gasteiger partial charge on any atom is -0.372 e. The Hall–Kier alpha value is 0.160. The first-order valence-corrected chi connectivity index (χ1v) is 5.86. The van der Waals surface area contributed by atoms with Gasteiger partial charge in [-0.15, -0.1) is 12.4 Å². The lowest BCUT2D eigenvalue weighted by Crippen LogP contribution is -2.56. The van der Waals surface area contributed by atoms with Gasteiger partial charge in [0.2, 0.25) is 0 Å². The molecule has 0 aromatic heterocycles. The molecule has 3 fully saturated rings. The summed E-state index contributed by atoms with van der Waals surface area (Å²) in [7, 11) is -2.96. The van der Waals surface area contributed by atoms with Gasteiger partial charge in [0.05, 0.1) is 12.2 Å². The van der Waals surface area contributed by atoms with Gasteiger partial charge in [-0.3, -0.25) is 0 Å². The number of nitrogens with two attached hydrogens (primary N) is 1. The van der Waals surface area contributed by atoms with E-state index in [2.05, 4.69) is 0 Å². The zero-order valence-corrected chi connectivity index (χ0v) is 9.08. The average molecular weight is 228 g/mol. The molecule has 0 spiro atoms. The van der Waals surface area contributed by atoms with Gasteiger partial charge in [-0.2, -0.15) is 0 Å². The van der Waals surface area contributed by atoms with E-state index in [0.717, 1.165) is 0 Å². The maximum atomic E-state index is 11.3. The van der Waals surface area contributed by atoms with Crippen LogP contribution in [0.15, 0.2) is 0 Å². The molecule has 0 unspecified atom stereocenters. The van der Waals surface area contributed by atoms with E-state index in [0.29, 0.717) is 26.0 Å². The summed E-state index contributed by atoms with van der Waals surface area (Å²) in [6, 6.07) is 0. The molecule has 2 heterocycles. The van der Waals surface area contributed by atoms with E-state index >= 15 is 0 Å². The number of hydrogen-bond acceptors (Lipinski definition) is 4. The third-order valence-corrected chi connectivity index (χ3v) is 5.07. The van der Waals surface area contributed by atoms with Gasteiger partial charge in [0.1, 0.15) is 4.75 Å². The normalized spacial score (nSPS) is 42.3. The molecule has 0 aromatic rings. The summed E-state index contributed by atoms with van der Waals surface area (Å²) in [6.07, 6.45) is 2.47. The van der Waals surface area contributed by atoms with Gasteiger partial charge in [0.15, 0.2) is 9.84 Å². The van der Waals surface area contributed by atoms with Gasteiger partial charge < -0.3 is 10.5 Å². The number of halogens is 1. The van der Waals surface area contributed by atoms with E-state index < -0.39 is 14.6 Å². The van der Waals surface area contributed by atoms with Crippen LogP contribution >= 0.6 is 12.4 Å². The monoisotopic (exact) mass is 227 g/mol. The Morgan fingerprint density at radius 2 is 2.00 bits per heavy atom. The standard InChI is InChI=1S/C7H13NO3S.ClH/c1-12(9,10)7-2-6(3-7,4-8)11-5-7;/h2-5,8H2,1H3;1H. The van der Waals surface area contributed by atoms with Crippen LogP contribution in [0.5, 0.6) is 0 Å². The van der Waals surface area contributed by atoms with Crippen molar-refractivity contribution in [2.45, 2.75) is 23.2 Å². The van der Waals surface area contributed by atoms with Crippen molar-refractivity contribution in [3.8, 4) is 0 Å². The molecule has 1 saturated carbocycles. The maximum Gasteiger partial charge on any atom is 0.155 e. The molecule has 2 aliphatic heterocycles. The molecule has 2 bridgehead atoms. The Labute approximate surface area is 84.1 Å². The molecule has 13 heavy (non-hydrogen) atoms. The van der Waals surface area contributed by atoms with E-state index in [9.17, 15) is 8.42 Å². The number of hydrogen-bond donors (Lipinski definition) is 1. The molecule has 4 nitrogen and oxygen atoms in total. The van der Waals surface area contributed by atoms with Gasteiger partial charge in [-0.25, -0.2) is 8.42 Å². The van der Waals surface area contributed by atoms with Crippen LogP contribution < -0.4 is 5.73 Å². The van der Waals surface area contributed by atoms with Crippen LogP contribution in [0.4, 0.5) is 0 Å². The Morgan fingerprint density at radius 3 is 2.23 bits per heavy atom. The second-order valence-electron chi connectivity index (χ2n) is 3.98. The van der Waals surface area contributed by atoms with Crippen molar-refractivity contribution >= 4 is 22.2 Å². The number of sulfone groups is 1. The molecule has 6 heteroatoms. The highest BCUT2D eigenvalue weighted by atomic mass is 35.5. The lowest BCUT2D eigenvalue weighted by Gasteiger charge is -2.42. The number of rotatable bonds is 2. The van der Waals surface area contributed by atoms with Crippen LogP contribution in [0.2, 0.25) is 0 Å². The molecular formula is C7H14ClNO3S. The van der Waals surface area contributed by atoms with Gasteiger partial charge >= 0.3 is 0 Å². The van der Waals surface area contributed by atoms with Crippen LogP contribution in [-0.4, -0.2) is 38.2 Å². The van der Waals surface area contributed by atoms with Crippen LogP contribution in [0, 0.1) is 0 Å². The van der Waals surface area contributed by atoms with E-state index in [1.165, 1.54) is 6.26 Å². The molecular weight excluding hydrogens is 214 g/mol. The first-order chi connectivity index (χ1) is 5.43. The van der Waals surface area contributed by atoms with E-state index in [1.54, 1.807) is 0 Å². The van der Waals surface area contributed by atoms with Crippen molar-refractivity contribution in [3.05, 3.63) is 0 Å². The molecule has 3 aliphatic rings. The SMILES string of the molecule is CS(=O)(=O)C12COC(CN)(C1)C2.Cl. The molecule has 0 atom stereocenters. The number of fused-ring (bicyclic) bond motifs is 1. The molecule has 0 aromatic carbocycles. The second kappa shape index (κ2) is 2.82. The lowest BCUT2D eigenvalue weighted by molar-refractivity contribution is 0.0128. The average Bonchev–Trinajstić information content (AvgIpc) is 2.37. The van der Waals surface area contributed by atoms with E-state index in [-0.39, 0.29) is 18.0 Å². The van der Waals surface area contributed by atoms with Crippen LogP contribution in [0.1, 0.15) is 12.8 Å². The minimum absolute atomic E-state index is 0. The van der Waals surface area contributed by atoms with Crippen molar-refractivity contribution in [1.82, 2.24) is 0 Å². The second-order valence-corrected chi connectivity index (χ2v) is 6.39. The largest absolute Gasteiger partial charge is 0.372 e. The third-order valence-electron chi connectivity index (χ3n) is 3.09. The topological polar surface area (TPSA) is 69.4 Å². The van der Waals surface area contributed by atoms with Crippen molar-refractivity contribution in [3.63, 3.8) is 0 Å². The highest BCUT2D eigenvalue weighted by Gasteiger charge is 2.66. The van der Waals surface area contributed by atoms with Crippen LogP contribution in [0.3, 0.4) is 0 Å². The predicted octanol–water partition coefficient (Wildman–Crippen LogP) is -0.287. The van der Waals surface area contributed by atoms with Gasteiger partial charge in [-0.1, -0.05) is 0 Å². The van der Waals surface area contributed by atoms with E-state index in [4.69, 9.17) is 10.5 Å². The highest BCUT2D eigenvalue weighted by molar-refractivity contribution is 7.92. The summed E-state index contributed by atoms with van der Waals surface area (Å²) in [6.45, 7) is 0.771. The third kappa shape index (κ3) is 1.29. The van der Waals surface area contributed by atoms with Gasteiger partial charge in [0, 0.05) is 12.8 Å². The molecule has 2 N–H and O–H groups in total. The first kappa shape index (κ1) is 11.2. The van der Waals surface area contributed by atoms with Crippen LogP contribution in [-0.2, 0) is 14.6 Å². The Morgan fingerprint density at radius 1 is 1.46 bits per heavy atom. The molecule has 1 aliphatic carbocycles. The summed E-state index contributed by atoms with van der Waals surface area (Å²) < 4.78 is 27.5. The Kier molecular flexibility index (Phi) is 2.44. The smallest absolute Gasteiger partial charge is 0.155 e.